The molecule has 30 heavy (non-hydrogen) atoms. The molecule has 6 nitrogen and oxygen atoms in total. The Labute approximate surface area is 184 Å². The van der Waals surface area contributed by atoms with Gasteiger partial charge in [-0.2, -0.15) is 0 Å². The standard InChI is InChI=1S/C22H21N3O3S2/c1-13-17(12-14-6-4-3-5-7-14)30-21(18(13)19(23)26)25-22(29)24-20(27)15-8-10-16(28-2)11-9-15/h3-11H,12H2,1-2H3,(H2,23,26)(H2,24,25,27,29). The van der Waals surface area contributed by atoms with Crippen molar-refractivity contribution in [2.45, 2.75) is 13.3 Å². The summed E-state index contributed by atoms with van der Waals surface area (Å²) in [5, 5.41) is 6.18. The Morgan fingerprint density at radius 3 is 2.37 bits per heavy atom. The second-order valence-electron chi connectivity index (χ2n) is 6.52. The first kappa shape index (κ1) is 21.5. The molecule has 2 aromatic carbocycles. The van der Waals surface area contributed by atoms with Crippen molar-refractivity contribution in [2.24, 2.45) is 5.73 Å². The summed E-state index contributed by atoms with van der Waals surface area (Å²) in [6.45, 7) is 1.86. The lowest BCUT2D eigenvalue weighted by atomic mass is 10.1. The molecular weight excluding hydrogens is 418 g/mol. The summed E-state index contributed by atoms with van der Waals surface area (Å²) in [4.78, 5) is 25.5. The fourth-order valence-corrected chi connectivity index (χ4v) is 4.46. The molecule has 154 valence electrons. The number of nitrogens with two attached hydrogens (primary N) is 1. The number of hydrogen-bond acceptors (Lipinski definition) is 5. The Kier molecular flexibility index (Phi) is 6.81. The van der Waals surface area contributed by atoms with Crippen LogP contribution in [0.25, 0.3) is 0 Å². The van der Waals surface area contributed by atoms with Crippen molar-refractivity contribution in [3.63, 3.8) is 0 Å². The minimum atomic E-state index is -0.546. The van der Waals surface area contributed by atoms with E-state index in [-0.39, 0.29) is 11.0 Å². The monoisotopic (exact) mass is 439 g/mol. The maximum absolute atomic E-state index is 12.4. The van der Waals surface area contributed by atoms with Gasteiger partial charge in [-0.15, -0.1) is 11.3 Å². The van der Waals surface area contributed by atoms with Crippen LogP contribution in [-0.4, -0.2) is 24.0 Å². The molecule has 0 bridgehead atoms. The SMILES string of the molecule is COc1ccc(C(=O)NC(=S)Nc2sc(Cc3ccccc3)c(C)c2C(N)=O)cc1. The van der Waals surface area contributed by atoms with Crippen LogP contribution in [0, 0.1) is 6.92 Å². The molecule has 8 heteroatoms. The Morgan fingerprint density at radius 2 is 1.77 bits per heavy atom. The first-order chi connectivity index (χ1) is 14.4. The van der Waals surface area contributed by atoms with E-state index in [1.165, 1.54) is 11.3 Å². The molecule has 0 saturated heterocycles. The lowest BCUT2D eigenvalue weighted by molar-refractivity contribution is 0.0975. The van der Waals surface area contributed by atoms with Crippen LogP contribution in [0.2, 0.25) is 0 Å². The van der Waals surface area contributed by atoms with Gasteiger partial charge in [0.2, 0.25) is 0 Å². The average molecular weight is 440 g/mol. The molecule has 0 saturated carbocycles. The molecule has 1 aromatic heterocycles. The van der Waals surface area contributed by atoms with Gasteiger partial charge >= 0.3 is 0 Å². The molecule has 3 rings (SSSR count). The third kappa shape index (κ3) is 5.03. The van der Waals surface area contributed by atoms with Crippen molar-refractivity contribution in [1.82, 2.24) is 5.32 Å². The molecule has 2 amide bonds. The maximum atomic E-state index is 12.4. The van der Waals surface area contributed by atoms with E-state index in [1.54, 1.807) is 31.4 Å². The number of hydrogen-bond donors (Lipinski definition) is 3. The highest BCUT2D eigenvalue weighted by Gasteiger charge is 2.20. The van der Waals surface area contributed by atoms with Gasteiger partial charge in [0.1, 0.15) is 10.8 Å². The van der Waals surface area contributed by atoms with Gasteiger partial charge in [0.05, 0.1) is 12.7 Å². The summed E-state index contributed by atoms with van der Waals surface area (Å²) in [7, 11) is 1.56. The highest BCUT2D eigenvalue weighted by molar-refractivity contribution is 7.80. The summed E-state index contributed by atoms with van der Waals surface area (Å²) in [5.74, 6) is -0.262. The second kappa shape index (κ2) is 9.51. The number of benzene rings is 2. The van der Waals surface area contributed by atoms with E-state index >= 15 is 0 Å². The number of thiocarbonyl (C=S) groups is 1. The van der Waals surface area contributed by atoms with Gasteiger partial charge in [-0.05, 0) is 54.5 Å². The van der Waals surface area contributed by atoms with Crippen molar-refractivity contribution in [1.29, 1.82) is 0 Å². The highest BCUT2D eigenvalue weighted by atomic mass is 32.1. The average Bonchev–Trinajstić information content (AvgIpc) is 3.03. The molecule has 4 N–H and O–H groups in total. The topological polar surface area (TPSA) is 93.4 Å². The molecule has 0 radical (unpaired) electrons. The smallest absolute Gasteiger partial charge is 0.257 e. The van der Waals surface area contributed by atoms with E-state index in [0.29, 0.717) is 28.3 Å². The highest BCUT2D eigenvalue weighted by Crippen LogP contribution is 2.34. The largest absolute Gasteiger partial charge is 0.497 e. The van der Waals surface area contributed by atoms with Crippen LogP contribution >= 0.6 is 23.6 Å². The second-order valence-corrected chi connectivity index (χ2v) is 8.03. The summed E-state index contributed by atoms with van der Waals surface area (Å²) in [6.07, 6.45) is 0.671. The molecule has 0 unspecified atom stereocenters. The lowest BCUT2D eigenvalue weighted by Gasteiger charge is -2.09. The van der Waals surface area contributed by atoms with Crippen LogP contribution in [0.1, 0.15) is 36.7 Å². The molecule has 1 heterocycles. The minimum Gasteiger partial charge on any atom is -0.497 e. The molecule has 0 aliphatic rings. The molecule has 0 aliphatic heterocycles. The number of rotatable bonds is 6. The fourth-order valence-electron chi connectivity index (χ4n) is 2.95. The molecule has 0 atom stereocenters. The maximum Gasteiger partial charge on any atom is 0.257 e. The van der Waals surface area contributed by atoms with E-state index in [1.807, 2.05) is 37.3 Å². The van der Waals surface area contributed by atoms with E-state index in [9.17, 15) is 9.59 Å². The molecule has 0 aliphatic carbocycles. The van der Waals surface area contributed by atoms with Crippen LogP contribution in [0.5, 0.6) is 5.75 Å². The van der Waals surface area contributed by atoms with Crippen LogP contribution in [-0.2, 0) is 6.42 Å². The van der Waals surface area contributed by atoms with E-state index in [2.05, 4.69) is 10.6 Å². The quantitative estimate of drug-likeness (QED) is 0.507. The Bertz CT molecular complexity index is 1080. The van der Waals surface area contributed by atoms with Gasteiger partial charge in [-0.25, -0.2) is 0 Å². The van der Waals surface area contributed by atoms with Crippen molar-refractivity contribution in [3.05, 3.63) is 81.7 Å². The predicted octanol–water partition coefficient (Wildman–Crippen LogP) is 3.88. The Hall–Kier alpha value is -3.23. The zero-order valence-electron chi connectivity index (χ0n) is 16.5. The number of amides is 2. The zero-order valence-corrected chi connectivity index (χ0v) is 18.2. The number of carbonyl (C=O) groups is 2. The van der Waals surface area contributed by atoms with Crippen molar-refractivity contribution < 1.29 is 14.3 Å². The van der Waals surface area contributed by atoms with Crippen LogP contribution < -0.4 is 21.1 Å². The Balaban J connectivity index is 1.75. The zero-order chi connectivity index (χ0) is 21.7. The van der Waals surface area contributed by atoms with Gasteiger partial charge in [-0.3, -0.25) is 14.9 Å². The van der Waals surface area contributed by atoms with E-state index < -0.39 is 5.91 Å². The van der Waals surface area contributed by atoms with E-state index in [0.717, 1.165) is 16.0 Å². The number of thiophene rings is 1. The predicted molar refractivity (Wildman–Crippen MR) is 124 cm³/mol. The first-order valence-electron chi connectivity index (χ1n) is 9.11. The van der Waals surface area contributed by atoms with Gasteiger partial charge in [0.25, 0.3) is 11.8 Å². The number of nitrogens with one attached hydrogen (secondary N) is 2. The lowest BCUT2D eigenvalue weighted by Crippen LogP contribution is -2.34. The number of methoxy groups -OCH3 is 1. The van der Waals surface area contributed by atoms with Crippen molar-refractivity contribution >= 4 is 45.5 Å². The van der Waals surface area contributed by atoms with Gasteiger partial charge in [-0.1, -0.05) is 30.3 Å². The van der Waals surface area contributed by atoms with Gasteiger partial charge < -0.3 is 15.8 Å². The summed E-state index contributed by atoms with van der Waals surface area (Å²) in [6, 6.07) is 16.6. The van der Waals surface area contributed by atoms with Gasteiger partial charge in [0, 0.05) is 16.9 Å². The third-order valence-electron chi connectivity index (χ3n) is 4.51. The van der Waals surface area contributed by atoms with Crippen molar-refractivity contribution in [3.8, 4) is 5.75 Å². The molecule has 3 aromatic rings. The number of carbonyl (C=O) groups excluding carboxylic acids is 2. The number of anilines is 1. The third-order valence-corrected chi connectivity index (χ3v) is 5.92. The first-order valence-corrected chi connectivity index (χ1v) is 10.3. The fraction of sp³-hybridized carbons (Fsp3) is 0.136. The van der Waals surface area contributed by atoms with E-state index in [4.69, 9.17) is 22.7 Å². The summed E-state index contributed by atoms with van der Waals surface area (Å²) in [5.41, 5.74) is 8.35. The van der Waals surface area contributed by atoms with Crippen LogP contribution in [0.3, 0.4) is 0 Å². The minimum absolute atomic E-state index is 0.0887. The van der Waals surface area contributed by atoms with Crippen LogP contribution in [0.4, 0.5) is 5.00 Å². The normalized spacial score (nSPS) is 10.3. The van der Waals surface area contributed by atoms with Crippen LogP contribution in [0.15, 0.2) is 54.6 Å². The summed E-state index contributed by atoms with van der Waals surface area (Å²) < 4.78 is 5.09. The van der Waals surface area contributed by atoms with Crippen molar-refractivity contribution in [2.75, 3.05) is 12.4 Å². The number of primary amides is 1. The summed E-state index contributed by atoms with van der Waals surface area (Å²) >= 11 is 6.67. The van der Waals surface area contributed by atoms with Gasteiger partial charge in [0.15, 0.2) is 5.11 Å². The number of ether oxygens (including phenoxy) is 1. The Morgan fingerprint density at radius 1 is 1.10 bits per heavy atom. The molecular formula is C22H21N3O3S2. The molecule has 0 fully saturated rings. The molecule has 0 spiro atoms.